The molecule has 1 fully saturated rings. The predicted octanol–water partition coefficient (Wildman–Crippen LogP) is 1.59. The first kappa shape index (κ1) is 19.2. The molecule has 3 N–H and O–H groups in total. The molecule has 1 aliphatic rings. The first-order valence-electron chi connectivity index (χ1n) is 8.58. The fraction of sp³-hybridized carbons (Fsp3) is 0.529. The minimum absolute atomic E-state index is 0.0272. The lowest BCUT2D eigenvalue weighted by Crippen LogP contribution is -2.40. The highest BCUT2D eigenvalue weighted by molar-refractivity contribution is 6.01. The molecule has 2 aromatic heterocycles. The van der Waals surface area contributed by atoms with Gasteiger partial charge in [0.25, 0.3) is 11.8 Å². The Bertz CT molecular complexity index is 886. The van der Waals surface area contributed by atoms with Crippen molar-refractivity contribution in [3.63, 3.8) is 0 Å². The third kappa shape index (κ3) is 3.90. The number of fused-ring (bicyclic) bond motifs is 1. The summed E-state index contributed by atoms with van der Waals surface area (Å²) in [6.07, 6.45) is -0.101. The van der Waals surface area contributed by atoms with E-state index in [0.29, 0.717) is 5.69 Å². The van der Waals surface area contributed by atoms with E-state index < -0.39 is 17.7 Å². The van der Waals surface area contributed by atoms with Gasteiger partial charge in [-0.3, -0.25) is 9.59 Å². The SMILES string of the molecule is COCc1nc2c(C(=O)NC3CCC(F)(F)CC3)cc(C)nn2c1C(N)=O. The molecule has 0 spiro atoms. The third-order valence-electron chi connectivity index (χ3n) is 4.59. The molecule has 2 amide bonds. The number of methoxy groups -OCH3 is 1. The van der Waals surface area contributed by atoms with Crippen LogP contribution in [0.15, 0.2) is 6.07 Å². The lowest BCUT2D eigenvalue weighted by Gasteiger charge is -2.28. The molecule has 0 bridgehead atoms. The molecule has 1 aliphatic carbocycles. The Kier molecular flexibility index (Phi) is 5.09. The number of hydrogen-bond acceptors (Lipinski definition) is 5. The first-order chi connectivity index (χ1) is 12.7. The molecular weight excluding hydrogens is 360 g/mol. The highest BCUT2D eigenvalue weighted by Crippen LogP contribution is 2.33. The van der Waals surface area contributed by atoms with Gasteiger partial charge in [0.2, 0.25) is 5.92 Å². The maximum atomic E-state index is 13.3. The standard InChI is InChI=1S/C17H21F2N5O3/c1-9-7-11(16(26)21-10-3-5-17(18,19)6-4-10)15-22-12(8-27-2)13(14(20)25)24(15)23-9/h7,10H,3-6,8H2,1-2H3,(H2,20,25)(H,21,26). The first-order valence-corrected chi connectivity index (χ1v) is 8.58. The second-order valence-corrected chi connectivity index (χ2v) is 6.74. The number of nitrogens with two attached hydrogens (primary N) is 1. The molecule has 0 unspecified atom stereocenters. The molecule has 1 saturated carbocycles. The number of aryl methyl sites for hydroxylation is 1. The van der Waals surface area contributed by atoms with Crippen LogP contribution in [0.1, 0.15) is 57.9 Å². The molecule has 0 aromatic carbocycles. The number of halogens is 2. The Balaban J connectivity index is 1.95. The number of carbonyl (C=O) groups is 2. The van der Waals surface area contributed by atoms with Gasteiger partial charge in [0, 0.05) is 26.0 Å². The highest BCUT2D eigenvalue weighted by Gasteiger charge is 2.35. The second-order valence-electron chi connectivity index (χ2n) is 6.74. The van der Waals surface area contributed by atoms with Crippen molar-refractivity contribution < 1.29 is 23.1 Å². The number of hydrogen-bond donors (Lipinski definition) is 2. The van der Waals surface area contributed by atoms with Crippen LogP contribution in [0.2, 0.25) is 0 Å². The zero-order chi connectivity index (χ0) is 19.8. The summed E-state index contributed by atoms with van der Waals surface area (Å²) in [5.41, 5.74) is 6.60. The zero-order valence-electron chi connectivity index (χ0n) is 15.1. The smallest absolute Gasteiger partial charge is 0.269 e. The number of alkyl halides is 2. The van der Waals surface area contributed by atoms with Gasteiger partial charge in [-0.05, 0) is 25.8 Å². The van der Waals surface area contributed by atoms with E-state index in [1.54, 1.807) is 6.92 Å². The van der Waals surface area contributed by atoms with E-state index in [2.05, 4.69) is 15.4 Å². The van der Waals surface area contributed by atoms with E-state index in [1.807, 2.05) is 0 Å². The van der Waals surface area contributed by atoms with Crippen molar-refractivity contribution in [1.82, 2.24) is 19.9 Å². The molecule has 27 heavy (non-hydrogen) atoms. The van der Waals surface area contributed by atoms with Gasteiger partial charge in [0.1, 0.15) is 5.69 Å². The maximum Gasteiger partial charge on any atom is 0.269 e. The molecule has 3 rings (SSSR count). The molecule has 0 saturated heterocycles. The van der Waals surface area contributed by atoms with Crippen molar-refractivity contribution in [2.45, 2.75) is 51.2 Å². The van der Waals surface area contributed by atoms with Crippen LogP contribution in [-0.4, -0.2) is 45.5 Å². The van der Waals surface area contributed by atoms with Crippen LogP contribution in [0, 0.1) is 6.92 Å². The van der Waals surface area contributed by atoms with Gasteiger partial charge in [-0.25, -0.2) is 18.3 Å². The van der Waals surface area contributed by atoms with E-state index in [4.69, 9.17) is 10.5 Å². The van der Waals surface area contributed by atoms with Gasteiger partial charge in [-0.15, -0.1) is 0 Å². The number of imidazole rings is 1. The maximum absolute atomic E-state index is 13.3. The Morgan fingerprint density at radius 1 is 1.41 bits per heavy atom. The molecule has 2 heterocycles. The quantitative estimate of drug-likeness (QED) is 0.817. The summed E-state index contributed by atoms with van der Waals surface area (Å²) < 4.78 is 32.9. The van der Waals surface area contributed by atoms with Crippen LogP contribution in [0.4, 0.5) is 8.78 Å². The van der Waals surface area contributed by atoms with Crippen molar-refractivity contribution in [2.75, 3.05) is 7.11 Å². The van der Waals surface area contributed by atoms with Crippen LogP contribution in [0.25, 0.3) is 5.65 Å². The van der Waals surface area contributed by atoms with Crippen LogP contribution >= 0.6 is 0 Å². The number of carbonyl (C=O) groups excluding carboxylic acids is 2. The Morgan fingerprint density at radius 2 is 2.07 bits per heavy atom. The highest BCUT2D eigenvalue weighted by atomic mass is 19.3. The summed E-state index contributed by atoms with van der Waals surface area (Å²) in [5.74, 6) is -3.87. The average Bonchev–Trinajstić information content (AvgIpc) is 2.94. The fourth-order valence-electron chi connectivity index (χ4n) is 3.29. The fourth-order valence-corrected chi connectivity index (χ4v) is 3.29. The Labute approximate surface area is 154 Å². The van der Waals surface area contributed by atoms with Crippen LogP contribution in [-0.2, 0) is 11.3 Å². The van der Waals surface area contributed by atoms with E-state index in [9.17, 15) is 18.4 Å². The number of primary amides is 1. The normalized spacial score (nSPS) is 17.2. The lowest BCUT2D eigenvalue weighted by atomic mass is 9.92. The Morgan fingerprint density at radius 3 is 2.67 bits per heavy atom. The zero-order valence-corrected chi connectivity index (χ0v) is 15.1. The second kappa shape index (κ2) is 7.18. The van der Waals surface area contributed by atoms with Crippen LogP contribution < -0.4 is 11.1 Å². The van der Waals surface area contributed by atoms with Gasteiger partial charge in [-0.2, -0.15) is 5.10 Å². The van der Waals surface area contributed by atoms with Gasteiger partial charge in [0.15, 0.2) is 11.3 Å². The van der Waals surface area contributed by atoms with Crippen LogP contribution in [0.3, 0.4) is 0 Å². The molecule has 10 heteroatoms. The molecule has 2 aromatic rings. The van der Waals surface area contributed by atoms with Crippen molar-refractivity contribution >= 4 is 17.5 Å². The van der Waals surface area contributed by atoms with E-state index >= 15 is 0 Å². The monoisotopic (exact) mass is 381 g/mol. The molecular formula is C17H21F2N5O3. The van der Waals surface area contributed by atoms with Gasteiger partial charge < -0.3 is 15.8 Å². The molecule has 0 atom stereocenters. The molecule has 0 radical (unpaired) electrons. The number of ether oxygens (including phenoxy) is 1. The van der Waals surface area contributed by atoms with E-state index in [1.165, 1.54) is 17.7 Å². The average molecular weight is 381 g/mol. The molecule has 0 aliphatic heterocycles. The van der Waals surface area contributed by atoms with Crippen molar-refractivity contribution in [3.8, 4) is 0 Å². The summed E-state index contributed by atoms with van der Waals surface area (Å²) in [6, 6.07) is 1.20. The van der Waals surface area contributed by atoms with E-state index in [0.717, 1.165) is 0 Å². The topological polar surface area (TPSA) is 112 Å². The summed E-state index contributed by atoms with van der Waals surface area (Å²) >= 11 is 0. The lowest BCUT2D eigenvalue weighted by molar-refractivity contribution is -0.0399. The summed E-state index contributed by atoms with van der Waals surface area (Å²) in [4.78, 5) is 28.9. The molecule has 146 valence electrons. The molecule has 8 nitrogen and oxygen atoms in total. The largest absolute Gasteiger partial charge is 0.378 e. The predicted molar refractivity (Wildman–Crippen MR) is 91.6 cm³/mol. The number of aromatic nitrogens is 3. The summed E-state index contributed by atoms with van der Waals surface area (Å²) in [6.45, 7) is 1.69. The van der Waals surface area contributed by atoms with Gasteiger partial charge >= 0.3 is 0 Å². The van der Waals surface area contributed by atoms with Crippen molar-refractivity contribution in [1.29, 1.82) is 0 Å². The van der Waals surface area contributed by atoms with Gasteiger partial charge in [0.05, 0.1) is 17.9 Å². The Hall–Kier alpha value is -2.62. The number of amides is 2. The van der Waals surface area contributed by atoms with Crippen molar-refractivity contribution in [2.24, 2.45) is 5.73 Å². The third-order valence-corrected chi connectivity index (χ3v) is 4.59. The van der Waals surface area contributed by atoms with Gasteiger partial charge in [-0.1, -0.05) is 0 Å². The minimum Gasteiger partial charge on any atom is -0.378 e. The summed E-state index contributed by atoms with van der Waals surface area (Å²) in [5, 5.41) is 7.01. The number of rotatable bonds is 5. The van der Waals surface area contributed by atoms with Crippen molar-refractivity contribution in [3.05, 3.63) is 28.7 Å². The van der Waals surface area contributed by atoms with E-state index in [-0.39, 0.29) is 60.9 Å². The summed E-state index contributed by atoms with van der Waals surface area (Å²) in [7, 11) is 1.44. The minimum atomic E-state index is -2.67. The number of nitrogens with zero attached hydrogens (tertiary/aromatic N) is 3. The van der Waals surface area contributed by atoms with Crippen LogP contribution in [0.5, 0.6) is 0 Å². The number of nitrogens with one attached hydrogen (secondary N) is 1.